The first-order valence-corrected chi connectivity index (χ1v) is 28.9. The molecule has 0 unspecified atom stereocenters. The highest BCUT2D eigenvalue weighted by Gasteiger charge is 2.13. The van der Waals surface area contributed by atoms with Gasteiger partial charge in [-0.1, -0.05) is 181 Å². The molecule has 0 atom stereocenters. The number of nitrogens with zero attached hydrogens (tertiary/aromatic N) is 2. The van der Waals surface area contributed by atoms with Crippen LogP contribution in [0.15, 0.2) is 94.9 Å². The van der Waals surface area contributed by atoms with E-state index in [4.69, 9.17) is 18.9 Å². The Morgan fingerprint density at radius 3 is 0.973 bits per heavy atom. The summed E-state index contributed by atoms with van der Waals surface area (Å²) in [5.74, 6) is 1.08. The number of rotatable bonds is 43. The molecule has 0 spiro atoms. The van der Waals surface area contributed by atoms with Gasteiger partial charge in [0.1, 0.15) is 34.5 Å². The maximum Gasteiger partial charge on any atom is 0.343 e. The molecule has 0 fully saturated rings. The smallest absolute Gasteiger partial charge is 0.343 e. The lowest BCUT2D eigenvalue weighted by molar-refractivity contribution is 0.0724. The summed E-state index contributed by atoms with van der Waals surface area (Å²) in [6.45, 7) is 7.25. The van der Waals surface area contributed by atoms with Gasteiger partial charge >= 0.3 is 11.9 Å². The highest BCUT2D eigenvalue weighted by molar-refractivity contribution is 5.92. The number of phenols is 2. The van der Waals surface area contributed by atoms with Crippen molar-refractivity contribution in [2.75, 3.05) is 26.3 Å². The summed E-state index contributed by atoms with van der Waals surface area (Å²) in [6.07, 6.45) is 40.5. The molecule has 10 heteroatoms. The van der Waals surface area contributed by atoms with Gasteiger partial charge in [-0.25, -0.2) is 9.59 Å². The molecule has 0 amide bonds. The van der Waals surface area contributed by atoms with Gasteiger partial charge in [0, 0.05) is 48.8 Å². The normalized spacial score (nSPS) is 11.4. The summed E-state index contributed by atoms with van der Waals surface area (Å²) in [5.41, 5.74) is 2.01. The van der Waals surface area contributed by atoms with E-state index in [0.29, 0.717) is 48.6 Å². The zero-order valence-electron chi connectivity index (χ0n) is 45.5. The number of benzene rings is 4. The summed E-state index contributed by atoms with van der Waals surface area (Å²) in [6, 6.07) is 23.7. The predicted octanol–water partition coefficient (Wildman–Crippen LogP) is 17.6. The van der Waals surface area contributed by atoms with Gasteiger partial charge in [0.15, 0.2) is 0 Å². The Hall–Kier alpha value is -5.64. The second-order valence-corrected chi connectivity index (χ2v) is 19.9. The van der Waals surface area contributed by atoms with Crippen molar-refractivity contribution in [1.29, 1.82) is 0 Å². The lowest BCUT2D eigenvalue weighted by Crippen LogP contribution is -2.08. The summed E-state index contributed by atoms with van der Waals surface area (Å²) in [4.78, 5) is 34.5. The Bertz CT molecular complexity index is 2000. The minimum atomic E-state index is -0.491. The van der Waals surface area contributed by atoms with E-state index in [1.54, 1.807) is 85.2 Å². The van der Waals surface area contributed by atoms with E-state index in [1.807, 2.05) is 0 Å². The molecule has 406 valence electrons. The van der Waals surface area contributed by atoms with E-state index in [-0.39, 0.29) is 23.0 Å². The van der Waals surface area contributed by atoms with E-state index < -0.39 is 11.9 Å². The maximum atomic E-state index is 12.8. The third kappa shape index (κ3) is 27.6. The van der Waals surface area contributed by atoms with Crippen LogP contribution >= 0.6 is 0 Å². The average molecular weight is 1020 g/mol. The Kier molecular flexibility index (Phi) is 32.7. The van der Waals surface area contributed by atoms with Crippen LogP contribution in [0.1, 0.15) is 238 Å². The van der Waals surface area contributed by atoms with E-state index >= 15 is 0 Å². The molecule has 0 bridgehead atoms. The van der Waals surface area contributed by atoms with Gasteiger partial charge in [-0.2, -0.15) is 0 Å². The van der Waals surface area contributed by atoms with Crippen molar-refractivity contribution in [3.8, 4) is 34.5 Å². The maximum absolute atomic E-state index is 12.8. The van der Waals surface area contributed by atoms with Crippen molar-refractivity contribution in [3.05, 3.63) is 107 Å². The number of carbonyl (C=O) groups is 2. The van der Waals surface area contributed by atoms with Crippen molar-refractivity contribution >= 4 is 24.4 Å². The third-order valence-electron chi connectivity index (χ3n) is 13.4. The van der Waals surface area contributed by atoms with Gasteiger partial charge in [-0.3, -0.25) is 9.98 Å². The van der Waals surface area contributed by atoms with Crippen molar-refractivity contribution in [2.24, 2.45) is 9.98 Å². The molecule has 0 heterocycles. The summed E-state index contributed by atoms with van der Waals surface area (Å²) in [5, 5.41) is 21.1. The van der Waals surface area contributed by atoms with E-state index in [9.17, 15) is 19.8 Å². The third-order valence-corrected chi connectivity index (χ3v) is 13.4. The van der Waals surface area contributed by atoms with Gasteiger partial charge in [0.2, 0.25) is 0 Å². The predicted molar refractivity (Wildman–Crippen MR) is 305 cm³/mol. The molecule has 0 aromatic heterocycles. The highest BCUT2D eigenvalue weighted by atomic mass is 16.5. The van der Waals surface area contributed by atoms with Crippen molar-refractivity contribution < 1.29 is 38.7 Å². The van der Waals surface area contributed by atoms with Crippen LogP contribution in [0.3, 0.4) is 0 Å². The number of ether oxygens (including phenoxy) is 4. The fraction of sp³-hybridized carbons (Fsp3) is 0.562. The van der Waals surface area contributed by atoms with Crippen LogP contribution in [0.5, 0.6) is 34.5 Å². The van der Waals surface area contributed by atoms with Gasteiger partial charge in [0.25, 0.3) is 0 Å². The minimum Gasteiger partial charge on any atom is -0.507 e. The molecular weight excluding hydrogens is 925 g/mol. The van der Waals surface area contributed by atoms with Gasteiger partial charge in [0.05, 0.1) is 24.3 Å². The molecule has 74 heavy (non-hydrogen) atoms. The van der Waals surface area contributed by atoms with Crippen molar-refractivity contribution in [2.45, 2.75) is 206 Å². The molecule has 0 saturated carbocycles. The monoisotopic (exact) mass is 1020 g/mol. The van der Waals surface area contributed by atoms with Crippen LogP contribution in [0, 0.1) is 0 Å². The zero-order chi connectivity index (χ0) is 52.5. The van der Waals surface area contributed by atoms with Crippen LogP contribution in [0.4, 0.5) is 0 Å². The van der Waals surface area contributed by atoms with Crippen molar-refractivity contribution in [3.63, 3.8) is 0 Å². The van der Waals surface area contributed by atoms with Crippen LogP contribution in [-0.4, -0.2) is 60.9 Å². The zero-order valence-corrected chi connectivity index (χ0v) is 45.5. The van der Waals surface area contributed by atoms with Crippen LogP contribution in [-0.2, 0) is 0 Å². The molecule has 0 aliphatic heterocycles. The fourth-order valence-electron chi connectivity index (χ4n) is 8.80. The van der Waals surface area contributed by atoms with Crippen LogP contribution < -0.4 is 18.9 Å². The first-order chi connectivity index (χ1) is 36.4. The van der Waals surface area contributed by atoms with Crippen molar-refractivity contribution in [1.82, 2.24) is 0 Å². The lowest BCUT2D eigenvalue weighted by Gasteiger charge is -2.08. The van der Waals surface area contributed by atoms with Gasteiger partial charge in [-0.15, -0.1) is 0 Å². The Labute approximate surface area is 445 Å². The average Bonchev–Trinajstić information content (AvgIpc) is 3.40. The fourth-order valence-corrected chi connectivity index (χ4v) is 8.80. The number of unbranched alkanes of at least 4 members (excludes halogenated alkanes) is 27. The largest absolute Gasteiger partial charge is 0.507 e. The lowest BCUT2D eigenvalue weighted by atomic mass is 10.1. The van der Waals surface area contributed by atoms with E-state index in [0.717, 1.165) is 50.0 Å². The Morgan fingerprint density at radius 1 is 0.378 bits per heavy atom. The van der Waals surface area contributed by atoms with Gasteiger partial charge < -0.3 is 29.2 Å². The molecule has 10 nitrogen and oxygen atoms in total. The van der Waals surface area contributed by atoms with Gasteiger partial charge in [-0.05, 0) is 98.5 Å². The number of hydrogen-bond donors (Lipinski definition) is 2. The van der Waals surface area contributed by atoms with Crippen LogP contribution in [0.25, 0.3) is 0 Å². The summed E-state index contributed by atoms with van der Waals surface area (Å²) in [7, 11) is 0. The topological polar surface area (TPSA) is 136 Å². The summed E-state index contributed by atoms with van der Waals surface area (Å²) >= 11 is 0. The number of aliphatic imine (C=N–C) groups is 2. The number of aromatic hydroxyl groups is 2. The molecular formula is C64H92N2O8. The Morgan fingerprint density at radius 2 is 0.662 bits per heavy atom. The number of phenolic OH excluding ortho intramolecular Hbond substituents is 2. The molecule has 0 aliphatic carbocycles. The quantitative estimate of drug-likeness (QED) is 0.0194. The standard InChI is InChI=1S/C64H92N2O8/c1-3-5-7-9-11-13-19-23-27-31-47-71-57-39-33-53(34-40-57)63(69)73-59-43-37-55(61(67)49-59)51-65-45-29-25-21-17-15-16-18-22-26-30-46-66-52-56-38-44-60(50-62(56)68)74-64(70)54-35-41-58(42-36-54)72-48-32-28-24-20-14-12-10-8-6-4-2/h33-44,49-52,67-68H,3-32,45-48H2,1-2H3. The Balaban J connectivity index is 0.952. The minimum absolute atomic E-state index is 0.0183. The molecule has 0 saturated heterocycles. The molecule has 0 radical (unpaired) electrons. The molecule has 0 aliphatic rings. The number of hydrogen-bond acceptors (Lipinski definition) is 10. The molecule has 4 aromatic rings. The second-order valence-electron chi connectivity index (χ2n) is 19.9. The first-order valence-electron chi connectivity index (χ1n) is 28.9. The number of esters is 2. The number of carbonyl (C=O) groups excluding carboxylic acids is 2. The SMILES string of the molecule is CCCCCCCCCCCCOc1ccc(C(=O)Oc2ccc(C=NCCCCCCCCCCCCN=Cc3ccc(OC(=O)c4ccc(OCCCCCCCCCCCC)cc4)cc3O)c(O)c2)cc1. The van der Waals surface area contributed by atoms with E-state index in [1.165, 1.54) is 166 Å². The summed E-state index contributed by atoms with van der Waals surface area (Å²) < 4.78 is 22.8. The molecule has 2 N–H and O–H groups in total. The molecule has 4 rings (SSSR count). The highest BCUT2D eigenvalue weighted by Crippen LogP contribution is 2.26. The van der Waals surface area contributed by atoms with Crippen LogP contribution in [0.2, 0.25) is 0 Å². The first kappa shape index (κ1) is 60.9. The van der Waals surface area contributed by atoms with E-state index in [2.05, 4.69) is 23.8 Å². The second kappa shape index (κ2) is 39.8. The molecule has 4 aromatic carbocycles.